The molecule has 2 nitrogen and oxygen atoms in total. The Morgan fingerprint density at radius 2 is 2.00 bits per heavy atom. The Hall–Kier alpha value is -1.65. The number of aromatic nitrogens is 1. The van der Waals surface area contributed by atoms with Crippen molar-refractivity contribution in [1.82, 2.24) is 4.98 Å². The Labute approximate surface area is 112 Å². The molecule has 90 valence electrons. The first-order valence-electron chi connectivity index (χ1n) is 5.25. The van der Waals surface area contributed by atoms with Gasteiger partial charge in [-0.3, -0.25) is 0 Å². The van der Waals surface area contributed by atoms with Crippen molar-refractivity contribution in [3.63, 3.8) is 0 Å². The fourth-order valence-corrected chi connectivity index (χ4v) is 3.04. The van der Waals surface area contributed by atoms with Gasteiger partial charge >= 0.3 is 0 Å². The van der Waals surface area contributed by atoms with Gasteiger partial charge in [0, 0.05) is 17.3 Å². The summed E-state index contributed by atoms with van der Waals surface area (Å²) in [5.74, 6) is -0.289. The number of nitrogens with zero attached hydrogens (tertiary/aromatic N) is 1. The SMILES string of the molecule is Nc1ccc(-c2nc3cc(F)ccc3s2)c(Cl)c1. The highest BCUT2D eigenvalue weighted by atomic mass is 35.5. The highest BCUT2D eigenvalue weighted by Crippen LogP contribution is 2.35. The van der Waals surface area contributed by atoms with Gasteiger partial charge in [-0.25, -0.2) is 9.37 Å². The number of hydrogen-bond donors (Lipinski definition) is 1. The number of anilines is 1. The zero-order valence-corrected chi connectivity index (χ0v) is 10.7. The van der Waals surface area contributed by atoms with Crippen LogP contribution in [-0.4, -0.2) is 4.98 Å². The van der Waals surface area contributed by atoms with E-state index >= 15 is 0 Å². The minimum atomic E-state index is -0.289. The summed E-state index contributed by atoms with van der Waals surface area (Å²) in [7, 11) is 0. The lowest BCUT2D eigenvalue weighted by molar-refractivity contribution is 0.629. The highest BCUT2D eigenvalue weighted by molar-refractivity contribution is 7.21. The van der Waals surface area contributed by atoms with E-state index in [0.717, 1.165) is 15.3 Å². The molecule has 1 aromatic heterocycles. The van der Waals surface area contributed by atoms with Crippen LogP contribution >= 0.6 is 22.9 Å². The molecule has 0 saturated heterocycles. The van der Waals surface area contributed by atoms with Crippen LogP contribution in [0.5, 0.6) is 0 Å². The molecular weight excluding hydrogens is 271 g/mol. The van der Waals surface area contributed by atoms with Crippen molar-refractivity contribution >= 4 is 38.8 Å². The molecular formula is C13H8ClFN2S. The third-order valence-corrected chi connectivity index (χ3v) is 3.96. The Morgan fingerprint density at radius 1 is 1.17 bits per heavy atom. The van der Waals surface area contributed by atoms with Crippen molar-refractivity contribution in [2.45, 2.75) is 0 Å². The summed E-state index contributed by atoms with van der Waals surface area (Å²) >= 11 is 7.61. The molecule has 5 heteroatoms. The molecule has 0 saturated carbocycles. The van der Waals surface area contributed by atoms with Crippen molar-refractivity contribution in [3.8, 4) is 10.6 Å². The average molecular weight is 279 g/mol. The van der Waals surface area contributed by atoms with Crippen molar-refractivity contribution in [2.75, 3.05) is 5.73 Å². The lowest BCUT2D eigenvalue weighted by Crippen LogP contribution is -1.85. The molecule has 0 fully saturated rings. The summed E-state index contributed by atoms with van der Waals surface area (Å²) in [6.45, 7) is 0. The molecule has 0 aliphatic carbocycles. The molecule has 0 unspecified atom stereocenters. The fraction of sp³-hybridized carbons (Fsp3) is 0. The normalized spacial score (nSPS) is 11.0. The van der Waals surface area contributed by atoms with E-state index in [1.807, 2.05) is 6.07 Å². The second-order valence-corrected chi connectivity index (χ2v) is 5.31. The Balaban J connectivity index is 2.19. The number of nitrogens with two attached hydrogens (primary N) is 1. The first-order chi connectivity index (χ1) is 8.63. The highest BCUT2D eigenvalue weighted by Gasteiger charge is 2.10. The second-order valence-electron chi connectivity index (χ2n) is 3.87. The molecule has 0 aliphatic heterocycles. The number of rotatable bonds is 1. The summed E-state index contributed by atoms with van der Waals surface area (Å²) in [5, 5.41) is 1.31. The predicted molar refractivity (Wildman–Crippen MR) is 74.4 cm³/mol. The van der Waals surface area contributed by atoms with Crippen molar-refractivity contribution in [1.29, 1.82) is 0 Å². The van der Waals surface area contributed by atoms with Crippen LogP contribution in [0.15, 0.2) is 36.4 Å². The predicted octanol–water partition coefficient (Wildman–Crippen LogP) is 4.34. The van der Waals surface area contributed by atoms with Crippen LogP contribution in [0.3, 0.4) is 0 Å². The van der Waals surface area contributed by atoms with E-state index in [1.165, 1.54) is 23.5 Å². The van der Waals surface area contributed by atoms with E-state index in [9.17, 15) is 4.39 Å². The molecule has 3 aromatic rings. The van der Waals surface area contributed by atoms with Crippen LogP contribution in [-0.2, 0) is 0 Å². The zero-order chi connectivity index (χ0) is 12.7. The van der Waals surface area contributed by atoms with Crippen LogP contribution < -0.4 is 5.73 Å². The maximum Gasteiger partial charge on any atom is 0.126 e. The summed E-state index contributed by atoms with van der Waals surface area (Å²) < 4.78 is 14.0. The lowest BCUT2D eigenvalue weighted by Gasteiger charge is -2.00. The maximum atomic E-state index is 13.1. The van der Waals surface area contributed by atoms with E-state index in [0.29, 0.717) is 16.2 Å². The molecule has 0 amide bonds. The monoisotopic (exact) mass is 278 g/mol. The Bertz CT molecular complexity index is 739. The van der Waals surface area contributed by atoms with Crippen LogP contribution in [0.1, 0.15) is 0 Å². The van der Waals surface area contributed by atoms with E-state index in [1.54, 1.807) is 18.2 Å². The van der Waals surface area contributed by atoms with Gasteiger partial charge in [0.25, 0.3) is 0 Å². The van der Waals surface area contributed by atoms with Gasteiger partial charge in [0.2, 0.25) is 0 Å². The summed E-state index contributed by atoms with van der Waals surface area (Å²) in [6.07, 6.45) is 0. The Morgan fingerprint density at radius 3 is 2.78 bits per heavy atom. The molecule has 0 bridgehead atoms. The zero-order valence-electron chi connectivity index (χ0n) is 9.15. The molecule has 0 radical (unpaired) electrons. The van der Waals surface area contributed by atoms with Crippen molar-refractivity contribution in [2.24, 2.45) is 0 Å². The fourth-order valence-electron chi connectivity index (χ4n) is 1.72. The van der Waals surface area contributed by atoms with Gasteiger partial charge in [-0.15, -0.1) is 11.3 Å². The average Bonchev–Trinajstić information content (AvgIpc) is 2.71. The number of thiazole rings is 1. The van der Waals surface area contributed by atoms with Gasteiger partial charge in [-0.2, -0.15) is 0 Å². The summed E-state index contributed by atoms with van der Waals surface area (Å²) in [6, 6.07) is 9.84. The topological polar surface area (TPSA) is 38.9 Å². The van der Waals surface area contributed by atoms with Crippen molar-refractivity contribution in [3.05, 3.63) is 47.2 Å². The molecule has 0 spiro atoms. The first kappa shape index (κ1) is 11.4. The third kappa shape index (κ3) is 1.94. The van der Waals surface area contributed by atoms with Crippen LogP contribution in [0.2, 0.25) is 5.02 Å². The van der Waals surface area contributed by atoms with Crippen LogP contribution in [0, 0.1) is 5.82 Å². The molecule has 1 heterocycles. The Kier molecular flexibility index (Phi) is 2.69. The van der Waals surface area contributed by atoms with Crippen LogP contribution in [0.4, 0.5) is 10.1 Å². The smallest absolute Gasteiger partial charge is 0.126 e. The number of fused-ring (bicyclic) bond motifs is 1. The molecule has 0 atom stereocenters. The molecule has 18 heavy (non-hydrogen) atoms. The van der Waals surface area contributed by atoms with Crippen LogP contribution in [0.25, 0.3) is 20.8 Å². The van der Waals surface area contributed by atoms with Gasteiger partial charge in [0.15, 0.2) is 0 Å². The maximum absolute atomic E-state index is 13.1. The number of halogens is 2. The minimum absolute atomic E-state index is 0.289. The first-order valence-corrected chi connectivity index (χ1v) is 6.44. The standard InChI is InChI=1S/C13H8ClFN2S/c14-10-6-8(16)2-3-9(10)13-17-11-5-7(15)1-4-12(11)18-13/h1-6H,16H2. The van der Waals surface area contributed by atoms with E-state index < -0.39 is 0 Å². The van der Waals surface area contributed by atoms with Gasteiger partial charge in [0.1, 0.15) is 10.8 Å². The largest absolute Gasteiger partial charge is 0.399 e. The molecule has 2 aromatic carbocycles. The van der Waals surface area contributed by atoms with Crippen molar-refractivity contribution < 1.29 is 4.39 Å². The van der Waals surface area contributed by atoms with Gasteiger partial charge in [0.05, 0.1) is 15.2 Å². The number of hydrogen-bond acceptors (Lipinski definition) is 3. The second kappa shape index (κ2) is 4.23. The van der Waals surface area contributed by atoms with Gasteiger partial charge in [-0.05, 0) is 30.3 Å². The van der Waals surface area contributed by atoms with Gasteiger partial charge in [-0.1, -0.05) is 11.6 Å². The quantitative estimate of drug-likeness (QED) is 0.673. The van der Waals surface area contributed by atoms with Gasteiger partial charge < -0.3 is 5.73 Å². The molecule has 2 N–H and O–H groups in total. The number of nitrogen functional groups attached to an aromatic ring is 1. The number of benzene rings is 2. The third-order valence-electron chi connectivity index (χ3n) is 2.57. The molecule has 3 rings (SSSR count). The minimum Gasteiger partial charge on any atom is -0.399 e. The lowest BCUT2D eigenvalue weighted by atomic mass is 10.2. The van der Waals surface area contributed by atoms with E-state index in [-0.39, 0.29) is 5.82 Å². The van der Waals surface area contributed by atoms with E-state index in [2.05, 4.69) is 4.98 Å². The molecule has 0 aliphatic rings. The summed E-state index contributed by atoms with van der Waals surface area (Å²) in [5.41, 5.74) is 7.71. The summed E-state index contributed by atoms with van der Waals surface area (Å²) in [4.78, 5) is 4.39. The van der Waals surface area contributed by atoms with E-state index in [4.69, 9.17) is 17.3 Å².